The van der Waals surface area contributed by atoms with Gasteiger partial charge in [-0.15, -0.1) is 10.2 Å². The van der Waals surface area contributed by atoms with Crippen molar-refractivity contribution in [2.75, 3.05) is 0 Å². The smallest absolute Gasteiger partial charge is 0.185 e. The molecule has 0 N–H and O–H groups in total. The lowest BCUT2D eigenvalue weighted by atomic mass is 9.83. The van der Waals surface area contributed by atoms with Gasteiger partial charge in [0.1, 0.15) is 0 Å². The summed E-state index contributed by atoms with van der Waals surface area (Å²) in [5.41, 5.74) is 7.05. The second-order valence-corrected chi connectivity index (χ2v) is 8.08. The van der Waals surface area contributed by atoms with Crippen molar-refractivity contribution in [3.63, 3.8) is 0 Å². The Morgan fingerprint density at radius 1 is 1.03 bits per heavy atom. The lowest BCUT2D eigenvalue weighted by Gasteiger charge is -2.23. The Bertz CT molecular complexity index is 1260. The number of carbonyl (C=O) groups is 1. The second-order valence-electron chi connectivity index (χ2n) is 7.64. The summed E-state index contributed by atoms with van der Waals surface area (Å²) in [6, 6.07) is 16.0. The average Bonchev–Trinajstić information content (AvgIpc) is 3.05. The van der Waals surface area contributed by atoms with Gasteiger partial charge in [0, 0.05) is 11.4 Å². The number of benzene rings is 2. The molecule has 0 spiro atoms. The van der Waals surface area contributed by atoms with Gasteiger partial charge in [-0.1, -0.05) is 53.6 Å². The number of carbonyl (C=O) groups excluding carboxylic acids is 1. The number of ketones is 1. The zero-order valence-electron chi connectivity index (χ0n) is 16.2. The normalized spacial score (nSPS) is 16.2. The Hall–Kier alpha value is -3.05. The van der Waals surface area contributed by atoms with Gasteiger partial charge in [-0.2, -0.15) is 5.10 Å². The van der Waals surface area contributed by atoms with Crippen LogP contribution in [0.3, 0.4) is 0 Å². The predicted molar refractivity (Wildman–Crippen MR) is 113 cm³/mol. The van der Waals surface area contributed by atoms with Crippen LogP contribution in [0.1, 0.15) is 45.3 Å². The van der Waals surface area contributed by atoms with Crippen LogP contribution in [-0.4, -0.2) is 25.6 Å². The fourth-order valence-corrected chi connectivity index (χ4v) is 4.32. The summed E-state index contributed by atoms with van der Waals surface area (Å²) in [5, 5.41) is 14.1. The van der Waals surface area contributed by atoms with E-state index in [9.17, 15) is 4.79 Å². The van der Waals surface area contributed by atoms with Gasteiger partial charge >= 0.3 is 0 Å². The molecule has 0 amide bonds. The molecule has 0 fully saturated rings. The Morgan fingerprint density at radius 2 is 1.83 bits per heavy atom. The molecule has 1 atom stereocenters. The first-order chi connectivity index (χ1) is 14.0. The van der Waals surface area contributed by atoms with E-state index in [-0.39, 0.29) is 11.7 Å². The molecule has 1 aliphatic carbocycles. The fraction of sp³-hybridized carbons (Fsp3) is 0.217. The lowest BCUT2D eigenvalue weighted by Crippen LogP contribution is -2.24. The van der Waals surface area contributed by atoms with Gasteiger partial charge in [-0.25, -0.2) is 4.52 Å². The van der Waals surface area contributed by atoms with Gasteiger partial charge in [-0.05, 0) is 49.4 Å². The minimum absolute atomic E-state index is 0.0216. The van der Waals surface area contributed by atoms with E-state index in [1.165, 1.54) is 11.1 Å². The first kappa shape index (κ1) is 18.0. The van der Waals surface area contributed by atoms with Crippen LogP contribution >= 0.6 is 11.6 Å². The summed E-state index contributed by atoms with van der Waals surface area (Å²) < 4.78 is 1.81. The van der Waals surface area contributed by atoms with E-state index in [1.54, 1.807) is 0 Å². The van der Waals surface area contributed by atoms with E-state index < -0.39 is 0 Å². The van der Waals surface area contributed by atoms with E-state index in [0.29, 0.717) is 29.2 Å². The number of fused-ring (bicyclic) bond motifs is 3. The van der Waals surface area contributed by atoms with Crippen LogP contribution in [0.4, 0.5) is 0 Å². The zero-order valence-corrected chi connectivity index (χ0v) is 16.9. The minimum Gasteiger partial charge on any atom is -0.292 e. The van der Waals surface area contributed by atoms with Crippen molar-refractivity contribution in [3.05, 3.63) is 81.8 Å². The molecule has 6 heteroatoms. The SMILES string of the molecule is Cc1cccc([C@@H]2CC(=O)c3nnc4c(-c5ccc(Cl)cc5)c(C)nn4c3C2)c1. The van der Waals surface area contributed by atoms with Crippen LogP contribution in [0.25, 0.3) is 16.8 Å². The van der Waals surface area contributed by atoms with Crippen molar-refractivity contribution in [1.82, 2.24) is 19.8 Å². The maximum absolute atomic E-state index is 12.8. The Labute approximate surface area is 173 Å². The fourth-order valence-electron chi connectivity index (χ4n) is 4.19. The summed E-state index contributed by atoms with van der Waals surface area (Å²) in [4.78, 5) is 12.8. The highest BCUT2D eigenvalue weighted by Crippen LogP contribution is 2.34. The molecule has 0 radical (unpaired) electrons. The Balaban J connectivity index is 1.66. The molecule has 144 valence electrons. The van der Waals surface area contributed by atoms with Gasteiger partial charge in [0.05, 0.1) is 17.0 Å². The molecular weight excluding hydrogens is 384 g/mol. The number of halogens is 1. The quantitative estimate of drug-likeness (QED) is 0.474. The van der Waals surface area contributed by atoms with Crippen LogP contribution in [0.2, 0.25) is 5.02 Å². The van der Waals surface area contributed by atoms with Crippen LogP contribution in [0.15, 0.2) is 48.5 Å². The maximum Gasteiger partial charge on any atom is 0.185 e. The first-order valence-corrected chi connectivity index (χ1v) is 9.99. The summed E-state index contributed by atoms with van der Waals surface area (Å²) >= 11 is 6.04. The number of Topliss-reactive ketones (excluding diaryl/α,β-unsaturated/α-hetero) is 1. The van der Waals surface area contributed by atoms with E-state index in [1.807, 2.05) is 41.8 Å². The van der Waals surface area contributed by atoms with E-state index in [4.69, 9.17) is 16.7 Å². The minimum atomic E-state index is 0.0216. The largest absolute Gasteiger partial charge is 0.292 e. The molecule has 5 nitrogen and oxygen atoms in total. The molecule has 0 bridgehead atoms. The molecule has 1 aliphatic rings. The van der Waals surface area contributed by atoms with E-state index in [0.717, 1.165) is 22.5 Å². The van der Waals surface area contributed by atoms with Crippen molar-refractivity contribution in [3.8, 4) is 11.1 Å². The topological polar surface area (TPSA) is 60.2 Å². The van der Waals surface area contributed by atoms with Gasteiger partial charge in [0.25, 0.3) is 0 Å². The highest BCUT2D eigenvalue weighted by molar-refractivity contribution is 6.30. The molecule has 2 aromatic heterocycles. The van der Waals surface area contributed by atoms with E-state index >= 15 is 0 Å². The van der Waals surface area contributed by atoms with Gasteiger partial charge in [-0.3, -0.25) is 4.79 Å². The lowest BCUT2D eigenvalue weighted by molar-refractivity contribution is 0.0955. The molecular formula is C23H19ClN4O. The van der Waals surface area contributed by atoms with Crippen molar-refractivity contribution >= 4 is 23.0 Å². The Kier molecular flexibility index (Phi) is 4.21. The van der Waals surface area contributed by atoms with Crippen LogP contribution < -0.4 is 0 Å². The summed E-state index contributed by atoms with van der Waals surface area (Å²) in [7, 11) is 0. The monoisotopic (exact) mass is 402 g/mol. The molecule has 2 aromatic carbocycles. The number of aryl methyl sites for hydroxylation is 2. The number of hydrogen-bond acceptors (Lipinski definition) is 4. The molecule has 0 aliphatic heterocycles. The van der Waals surface area contributed by atoms with Gasteiger partial charge < -0.3 is 0 Å². The molecule has 0 saturated carbocycles. The van der Waals surface area contributed by atoms with Gasteiger partial charge in [0.15, 0.2) is 17.1 Å². The number of aromatic nitrogens is 4. The summed E-state index contributed by atoms with van der Waals surface area (Å²) in [5.74, 6) is 0.138. The molecule has 2 heterocycles. The van der Waals surface area contributed by atoms with Crippen molar-refractivity contribution in [2.24, 2.45) is 0 Å². The highest BCUT2D eigenvalue weighted by Gasteiger charge is 2.31. The van der Waals surface area contributed by atoms with Crippen molar-refractivity contribution < 1.29 is 4.79 Å². The molecule has 0 saturated heterocycles. The maximum atomic E-state index is 12.8. The van der Waals surface area contributed by atoms with Crippen LogP contribution in [-0.2, 0) is 6.42 Å². The third kappa shape index (κ3) is 3.02. The summed E-state index contributed by atoms with van der Waals surface area (Å²) in [6.45, 7) is 4.02. The molecule has 0 unspecified atom stereocenters. The van der Waals surface area contributed by atoms with Crippen molar-refractivity contribution in [2.45, 2.75) is 32.6 Å². The molecule has 29 heavy (non-hydrogen) atoms. The molecule has 4 aromatic rings. The number of nitrogens with zero attached hydrogens (tertiary/aromatic N) is 4. The number of hydrogen-bond donors (Lipinski definition) is 0. The highest BCUT2D eigenvalue weighted by atomic mass is 35.5. The summed E-state index contributed by atoms with van der Waals surface area (Å²) in [6.07, 6.45) is 1.15. The average molecular weight is 403 g/mol. The third-order valence-corrected chi connectivity index (χ3v) is 5.84. The predicted octanol–water partition coefficient (Wildman–Crippen LogP) is 4.97. The first-order valence-electron chi connectivity index (χ1n) is 9.62. The van der Waals surface area contributed by atoms with E-state index in [2.05, 4.69) is 35.3 Å². The number of rotatable bonds is 2. The molecule has 5 rings (SSSR count). The van der Waals surface area contributed by atoms with Crippen molar-refractivity contribution in [1.29, 1.82) is 0 Å². The second kappa shape index (κ2) is 6.78. The van der Waals surface area contributed by atoms with Crippen LogP contribution in [0, 0.1) is 13.8 Å². The van der Waals surface area contributed by atoms with Gasteiger partial charge in [0.2, 0.25) is 0 Å². The van der Waals surface area contributed by atoms with Crippen LogP contribution in [0.5, 0.6) is 0 Å². The third-order valence-electron chi connectivity index (χ3n) is 5.59. The standard InChI is InChI=1S/C23H19ClN4O/c1-13-4-3-5-16(10-13)17-11-19-22(20(29)12-17)25-26-23-21(14(2)27-28(19)23)15-6-8-18(24)9-7-15/h3-10,17H,11-12H2,1-2H3/t17-/m0/s1. The zero-order chi connectivity index (χ0) is 20.1. The Morgan fingerprint density at radius 3 is 2.59 bits per heavy atom.